The zero-order chi connectivity index (χ0) is 15.4. The van der Waals surface area contributed by atoms with Crippen LogP contribution in [0.5, 0.6) is 0 Å². The third-order valence-electron chi connectivity index (χ3n) is 3.35. The number of halogens is 3. The van der Waals surface area contributed by atoms with Crippen LogP contribution in [-0.4, -0.2) is 43.7 Å². The van der Waals surface area contributed by atoms with Crippen molar-refractivity contribution in [3.63, 3.8) is 0 Å². The van der Waals surface area contributed by atoms with Crippen molar-refractivity contribution in [3.8, 4) is 0 Å². The minimum atomic E-state index is -1.54. The van der Waals surface area contributed by atoms with Crippen LogP contribution in [-0.2, 0) is 9.53 Å². The largest absolute Gasteiger partial charge is 0.465 e. The topological polar surface area (TPSA) is 41.6 Å². The molecule has 0 amide bonds. The van der Waals surface area contributed by atoms with Gasteiger partial charge >= 0.3 is 5.97 Å². The number of nitrogens with zero attached hydrogens (tertiary/aromatic N) is 1. The van der Waals surface area contributed by atoms with E-state index in [0.717, 1.165) is 12.1 Å². The number of carbonyl (C=O) groups is 1. The molecule has 1 aliphatic rings. The van der Waals surface area contributed by atoms with Gasteiger partial charge in [0.1, 0.15) is 6.04 Å². The third-order valence-corrected chi connectivity index (χ3v) is 3.35. The fourth-order valence-electron chi connectivity index (χ4n) is 2.39. The van der Waals surface area contributed by atoms with Crippen molar-refractivity contribution < 1.29 is 22.7 Å². The molecule has 1 N–H and O–H groups in total. The molecule has 1 aliphatic heterocycles. The lowest BCUT2D eigenvalue weighted by Crippen LogP contribution is -2.47. The molecular formula is C14H17F3N2O2. The number of nitrogens with one attached hydrogen (secondary N) is 1. The summed E-state index contributed by atoms with van der Waals surface area (Å²) in [6.45, 7) is 4.18. The summed E-state index contributed by atoms with van der Waals surface area (Å²) in [6.07, 6.45) is 0. The van der Waals surface area contributed by atoms with Gasteiger partial charge in [-0.15, -0.1) is 0 Å². The first-order valence-corrected chi connectivity index (χ1v) is 6.80. The van der Waals surface area contributed by atoms with E-state index in [4.69, 9.17) is 4.74 Å². The van der Waals surface area contributed by atoms with Gasteiger partial charge in [0.15, 0.2) is 17.5 Å². The normalized spacial score (nSPS) is 17.5. The summed E-state index contributed by atoms with van der Waals surface area (Å²) in [5.74, 6) is -4.75. The van der Waals surface area contributed by atoms with Crippen LogP contribution in [0.2, 0.25) is 0 Å². The summed E-state index contributed by atoms with van der Waals surface area (Å²) in [7, 11) is 0. The van der Waals surface area contributed by atoms with Gasteiger partial charge in [0, 0.05) is 26.2 Å². The molecule has 1 saturated heterocycles. The quantitative estimate of drug-likeness (QED) is 0.678. The molecule has 1 atom stereocenters. The van der Waals surface area contributed by atoms with Crippen molar-refractivity contribution in [1.82, 2.24) is 10.2 Å². The summed E-state index contributed by atoms with van der Waals surface area (Å²) < 4.78 is 44.9. The molecule has 1 aromatic rings. The number of hydrogen-bond donors (Lipinski definition) is 1. The van der Waals surface area contributed by atoms with Crippen LogP contribution in [0.25, 0.3) is 0 Å². The summed E-state index contributed by atoms with van der Waals surface area (Å²) >= 11 is 0. The second kappa shape index (κ2) is 6.91. The van der Waals surface area contributed by atoms with Crippen molar-refractivity contribution in [2.45, 2.75) is 13.0 Å². The predicted octanol–water partition coefficient (Wildman–Crippen LogP) is 1.61. The molecule has 1 aromatic carbocycles. The molecule has 0 saturated carbocycles. The van der Waals surface area contributed by atoms with E-state index in [2.05, 4.69) is 5.32 Å². The number of ether oxygens (including phenoxy) is 1. The molecular weight excluding hydrogens is 285 g/mol. The number of hydrogen-bond acceptors (Lipinski definition) is 4. The summed E-state index contributed by atoms with van der Waals surface area (Å²) in [5, 5.41) is 3.12. The molecule has 2 rings (SSSR count). The molecule has 1 fully saturated rings. The van der Waals surface area contributed by atoms with Crippen LogP contribution in [0.3, 0.4) is 0 Å². The van der Waals surface area contributed by atoms with E-state index in [0.29, 0.717) is 26.2 Å². The third kappa shape index (κ3) is 3.54. The van der Waals surface area contributed by atoms with Gasteiger partial charge in [0.2, 0.25) is 0 Å². The van der Waals surface area contributed by atoms with E-state index in [1.54, 1.807) is 11.8 Å². The average molecular weight is 302 g/mol. The van der Waals surface area contributed by atoms with Gasteiger partial charge in [-0.25, -0.2) is 18.0 Å². The highest BCUT2D eigenvalue weighted by Crippen LogP contribution is 2.26. The van der Waals surface area contributed by atoms with Crippen molar-refractivity contribution in [2.24, 2.45) is 0 Å². The van der Waals surface area contributed by atoms with Gasteiger partial charge in [0.25, 0.3) is 0 Å². The zero-order valence-corrected chi connectivity index (χ0v) is 11.7. The maximum Gasteiger partial charge on any atom is 0.328 e. The molecule has 21 heavy (non-hydrogen) atoms. The molecule has 0 bridgehead atoms. The molecule has 1 unspecified atom stereocenters. The highest BCUT2D eigenvalue weighted by molar-refractivity contribution is 5.77. The van der Waals surface area contributed by atoms with E-state index in [9.17, 15) is 18.0 Å². The molecule has 4 nitrogen and oxygen atoms in total. The molecule has 0 radical (unpaired) electrons. The summed E-state index contributed by atoms with van der Waals surface area (Å²) in [4.78, 5) is 13.9. The van der Waals surface area contributed by atoms with Crippen LogP contribution in [0, 0.1) is 17.5 Å². The number of rotatable bonds is 4. The highest BCUT2D eigenvalue weighted by Gasteiger charge is 2.31. The van der Waals surface area contributed by atoms with Crippen LogP contribution in [0.1, 0.15) is 18.5 Å². The first kappa shape index (κ1) is 15.8. The number of carbonyl (C=O) groups excluding carboxylic acids is 1. The Balaban J connectivity index is 2.36. The number of benzene rings is 1. The van der Waals surface area contributed by atoms with Crippen molar-refractivity contribution in [2.75, 3.05) is 32.8 Å². The maximum absolute atomic E-state index is 13.4. The molecule has 116 valence electrons. The first-order chi connectivity index (χ1) is 10.0. The monoisotopic (exact) mass is 302 g/mol. The Bertz CT molecular complexity index is 496. The van der Waals surface area contributed by atoms with Gasteiger partial charge in [-0.3, -0.25) is 4.90 Å². The molecule has 7 heteroatoms. The van der Waals surface area contributed by atoms with Crippen LogP contribution >= 0.6 is 0 Å². The van der Waals surface area contributed by atoms with Gasteiger partial charge in [-0.1, -0.05) is 0 Å². The van der Waals surface area contributed by atoms with Gasteiger partial charge in [0.05, 0.1) is 6.61 Å². The Kier molecular flexibility index (Phi) is 5.19. The Hall–Kier alpha value is -1.60. The lowest BCUT2D eigenvalue weighted by atomic mass is 10.0. The SMILES string of the molecule is CCOC(=O)C(c1cc(F)c(F)c(F)c1)N1CCNCC1. The van der Waals surface area contributed by atoms with Crippen LogP contribution in [0.4, 0.5) is 13.2 Å². The first-order valence-electron chi connectivity index (χ1n) is 6.80. The standard InChI is InChI=1S/C14H17F3N2O2/c1-2-21-14(20)13(19-5-3-18-4-6-19)9-7-10(15)12(17)11(16)8-9/h7-8,13,18H,2-6H2,1H3. The lowest BCUT2D eigenvalue weighted by Gasteiger charge is -2.33. The summed E-state index contributed by atoms with van der Waals surface area (Å²) in [5.41, 5.74) is 0.0618. The van der Waals surface area contributed by atoms with E-state index in [1.165, 1.54) is 0 Å². The van der Waals surface area contributed by atoms with E-state index < -0.39 is 29.5 Å². The highest BCUT2D eigenvalue weighted by atomic mass is 19.2. The van der Waals surface area contributed by atoms with E-state index >= 15 is 0 Å². The minimum Gasteiger partial charge on any atom is -0.465 e. The zero-order valence-electron chi connectivity index (χ0n) is 11.7. The minimum absolute atomic E-state index is 0.0618. The predicted molar refractivity (Wildman–Crippen MR) is 70.1 cm³/mol. The molecule has 1 heterocycles. The lowest BCUT2D eigenvalue weighted by molar-refractivity contribution is -0.150. The smallest absolute Gasteiger partial charge is 0.328 e. The van der Waals surface area contributed by atoms with E-state index in [1.807, 2.05) is 0 Å². The molecule has 0 spiro atoms. The van der Waals surface area contributed by atoms with Gasteiger partial charge in [-0.2, -0.15) is 0 Å². The van der Waals surface area contributed by atoms with Crippen molar-refractivity contribution in [1.29, 1.82) is 0 Å². The Labute approximate surface area is 120 Å². The van der Waals surface area contributed by atoms with Crippen molar-refractivity contribution in [3.05, 3.63) is 35.1 Å². The Morgan fingerprint density at radius 2 is 1.86 bits per heavy atom. The summed E-state index contributed by atoms with van der Waals surface area (Å²) in [6, 6.07) is 0.765. The molecule has 0 aromatic heterocycles. The second-order valence-electron chi connectivity index (χ2n) is 4.74. The Morgan fingerprint density at radius 3 is 2.38 bits per heavy atom. The van der Waals surface area contributed by atoms with E-state index in [-0.39, 0.29) is 12.2 Å². The van der Waals surface area contributed by atoms with Crippen LogP contribution < -0.4 is 5.32 Å². The fraction of sp³-hybridized carbons (Fsp3) is 0.500. The van der Waals surface area contributed by atoms with Gasteiger partial charge in [-0.05, 0) is 24.6 Å². The van der Waals surface area contributed by atoms with Gasteiger partial charge < -0.3 is 10.1 Å². The average Bonchev–Trinajstić information content (AvgIpc) is 2.46. The Morgan fingerprint density at radius 1 is 1.29 bits per heavy atom. The number of piperazine rings is 1. The maximum atomic E-state index is 13.4. The van der Waals surface area contributed by atoms with Crippen molar-refractivity contribution >= 4 is 5.97 Å². The fourth-order valence-corrected chi connectivity index (χ4v) is 2.39. The second-order valence-corrected chi connectivity index (χ2v) is 4.74. The molecule has 0 aliphatic carbocycles. The number of esters is 1. The van der Waals surface area contributed by atoms with Crippen LogP contribution in [0.15, 0.2) is 12.1 Å².